The van der Waals surface area contributed by atoms with Gasteiger partial charge in [-0.05, 0) is 43.5 Å². The minimum atomic E-state index is -2.48. The molecule has 1 unspecified atom stereocenters. The maximum atomic E-state index is 13.3. The summed E-state index contributed by atoms with van der Waals surface area (Å²) in [6.45, 7) is 1.12. The molecule has 3 nitrogen and oxygen atoms in total. The van der Waals surface area contributed by atoms with E-state index in [1.807, 2.05) is 25.2 Å². The summed E-state index contributed by atoms with van der Waals surface area (Å²) in [5, 5.41) is 3.28. The minimum Gasteiger partial charge on any atom is -0.486 e. The molecule has 21 heavy (non-hydrogen) atoms. The second-order valence-corrected chi connectivity index (χ2v) is 5.86. The summed E-state index contributed by atoms with van der Waals surface area (Å²) in [6, 6.07) is 5.96. The lowest BCUT2D eigenvalue weighted by molar-refractivity contribution is -0.0495. The van der Waals surface area contributed by atoms with Crippen LogP contribution in [0.15, 0.2) is 18.2 Å². The van der Waals surface area contributed by atoms with Crippen LogP contribution in [0.1, 0.15) is 37.3 Å². The fourth-order valence-electron chi connectivity index (χ4n) is 3.32. The van der Waals surface area contributed by atoms with Crippen LogP contribution < -0.4 is 14.8 Å². The molecule has 0 radical (unpaired) electrons. The summed E-state index contributed by atoms with van der Waals surface area (Å²) in [4.78, 5) is 0. The number of nitrogens with one attached hydrogen (secondary N) is 1. The second kappa shape index (κ2) is 5.79. The lowest BCUT2D eigenvalue weighted by atomic mass is 9.79. The zero-order valence-electron chi connectivity index (χ0n) is 12.2. The molecule has 0 aromatic heterocycles. The summed E-state index contributed by atoms with van der Waals surface area (Å²) in [6.07, 6.45) is 1.07. The van der Waals surface area contributed by atoms with Gasteiger partial charge >= 0.3 is 0 Å². The zero-order valence-corrected chi connectivity index (χ0v) is 12.2. The maximum absolute atomic E-state index is 13.3. The predicted octanol–water partition coefficient (Wildman–Crippen LogP) is 3.54. The van der Waals surface area contributed by atoms with Gasteiger partial charge in [0.15, 0.2) is 11.5 Å². The first kappa shape index (κ1) is 14.6. The molecule has 1 atom stereocenters. The van der Waals surface area contributed by atoms with Gasteiger partial charge in [0.2, 0.25) is 5.92 Å². The average Bonchev–Trinajstić information content (AvgIpc) is 2.49. The number of fused-ring (bicyclic) bond motifs is 1. The third-order valence-corrected chi connectivity index (χ3v) is 4.47. The van der Waals surface area contributed by atoms with Crippen molar-refractivity contribution in [1.29, 1.82) is 0 Å². The molecule has 1 saturated carbocycles. The molecule has 5 heteroatoms. The molecular formula is C16H21F2NO2. The van der Waals surface area contributed by atoms with E-state index in [2.05, 4.69) is 5.32 Å². The van der Waals surface area contributed by atoms with Crippen LogP contribution in [-0.4, -0.2) is 26.2 Å². The number of alkyl halides is 2. The highest BCUT2D eigenvalue weighted by molar-refractivity contribution is 5.44. The van der Waals surface area contributed by atoms with Crippen molar-refractivity contribution < 1.29 is 18.3 Å². The highest BCUT2D eigenvalue weighted by atomic mass is 19.3. The number of hydrogen-bond donors (Lipinski definition) is 1. The first-order valence-electron chi connectivity index (χ1n) is 7.54. The molecule has 1 aliphatic carbocycles. The molecule has 1 aromatic rings. The van der Waals surface area contributed by atoms with E-state index in [0.717, 1.165) is 17.1 Å². The lowest BCUT2D eigenvalue weighted by Gasteiger charge is -2.34. The number of halogens is 2. The van der Waals surface area contributed by atoms with Crippen molar-refractivity contribution in [3.8, 4) is 11.5 Å². The van der Waals surface area contributed by atoms with Crippen molar-refractivity contribution in [3.05, 3.63) is 23.8 Å². The fourth-order valence-corrected chi connectivity index (χ4v) is 3.32. The van der Waals surface area contributed by atoms with Crippen LogP contribution in [0, 0.1) is 5.92 Å². The van der Waals surface area contributed by atoms with Crippen LogP contribution in [0.3, 0.4) is 0 Å². The van der Waals surface area contributed by atoms with E-state index in [1.54, 1.807) is 0 Å². The van der Waals surface area contributed by atoms with Crippen molar-refractivity contribution in [1.82, 2.24) is 5.32 Å². The largest absolute Gasteiger partial charge is 0.486 e. The van der Waals surface area contributed by atoms with Gasteiger partial charge in [0, 0.05) is 18.9 Å². The molecule has 0 spiro atoms. The van der Waals surface area contributed by atoms with Gasteiger partial charge in [-0.25, -0.2) is 8.78 Å². The van der Waals surface area contributed by atoms with Gasteiger partial charge in [-0.1, -0.05) is 6.07 Å². The van der Waals surface area contributed by atoms with Gasteiger partial charge < -0.3 is 14.8 Å². The standard InChI is InChI=1S/C16H21F2NO2/c1-19-15(11-4-6-16(17,18)7-5-11)12-2-3-13-14(10-12)21-9-8-20-13/h2-3,10-11,15,19H,4-9H2,1H3. The van der Waals surface area contributed by atoms with E-state index in [1.165, 1.54) is 0 Å². The molecule has 1 heterocycles. The van der Waals surface area contributed by atoms with Gasteiger partial charge in [-0.3, -0.25) is 0 Å². The maximum Gasteiger partial charge on any atom is 0.248 e. The Morgan fingerprint density at radius 3 is 2.48 bits per heavy atom. The quantitative estimate of drug-likeness (QED) is 0.925. The number of hydrogen-bond acceptors (Lipinski definition) is 3. The fraction of sp³-hybridized carbons (Fsp3) is 0.625. The topological polar surface area (TPSA) is 30.5 Å². The first-order chi connectivity index (χ1) is 10.1. The Morgan fingerprint density at radius 2 is 1.81 bits per heavy atom. The summed E-state index contributed by atoms with van der Waals surface area (Å²) in [5.74, 6) is -0.742. The van der Waals surface area contributed by atoms with E-state index in [9.17, 15) is 8.78 Å². The Labute approximate surface area is 123 Å². The molecule has 0 bridgehead atoms. The average molecular weight is 297 g/mol. The SMILES string of the molecule is CNC(c1ccc2c(c1)OCCO2)C1CCC(F)(F)CC1. The third-order valence-electron chi connectivity index (χ3n) is 4.47. The van der Waals surface area contributed by atoms with Gasteiger partial charge in [0.25, 0.3) is 0 Å². The molecular weight excluding hydrogens is 276 g/mol. The molecule has 116 valence electrons. The lowest BCUT2D eigenvalue weighted by Crippen LogP contribution is -2.32. The summed E-state index contributed by atoms with van der Waals surface area (Å²) >= 11 is 0. The number of rotatable bonds is 3. The highest BCUT2D eigenvalue weighted by Gasteiger charge is 2.37. The first-order valence-corrected chi connectivity index (χ1v) is 7.54. The van der Waals surface area contributed by atoms with Crippen LogP contribution in [0.5, 0.6) is 11.5 Å². The van der Waals surface area contributed by atoms with Crippen molar-refractivity contribution in [3.63, 3.8) is 0 Å². The third kappa shape index (κ3) is 3.12. The number of benzene rings is 1. The van der Waals surface area contributed by atoms with Gasteiger partial charge in [-0.15, -0.1) is 0 Å². The normalized spacial score (nSPS) is 22.8. The second-order valence-electron chi connectivity index (χ2n) is 5.86. The van der Waals surface area contributed by atoms with Gasteiger partial charge in [0.05, 0.1) is 0 Å². The van der Waals surface area contributed by atoms with Crippen LogP contribution in [0.2, 0.25) is 0 Å². The van der Waals surface area contributed by atoms with E-state index in [0.29, 0.717) is 26.1 Å². The smallest absolute Gasteiger partial charge is 0.248 e. The molecule has 3 rings (SSSR count). The minimum absolute atomic E-state index is 0.0135. The van der Waals surface area contributed by atoms with E-state index >= 15 is 0 Å². The van der Waals surface area contributed by atoms with Crippen LogP contribution in [-0.2, 0) is 0 Å². The van der Waals surface area contributed by atoms with Crippen molar-refractivity contribution in [2.45, 2.75) is 37.6 Å². The summed E-state index contributed by atoms with van der Waals surface area (Å²) in [7, 11) is 1.88. The zero-order chi connectivity index (χ0) is 14.9. The molecule has 1 aromatic carbocycles. The molecule has 0 saturated heterocycles. The van der Waals surface area contributed by atoms with E-state index < -0.39 is 5.92 Å². The molecule has 2 aliphatic rings. The number of ether oxygens (including phenoxy) is 2. The summed E-state index contributed by atoms with van der Waals surface area (Å²) < 4.78 is 37.8. The van der Waals surface area contributed by atoms with Crippen LogP contribution >= 0.6 is 0 Å². The summed E-state index contributed by atoms with van der Waals surface area (Å²) in [5.41, 5.74) is 1.08. The Kier molecular flexibility index (Phi) is 4.02. The van der Waals surface area contributed by atoms with E-state index in [4.69, 9.17) is 9.47 Å². The molecule has 1 N–H and O–H groups in total. The Bertz CT molecular complexity index is 497. The van der Waals surface area contributed by atoms with Crippen molar-refractivity contribution in [2.24, 2.45) is 5.92 Å². The Morgan fingerprint density at radius 1 is 1.14 bits per heavy atom. The van der Waals surface area contributed by atoms with Crippen molar-refractivity contribution in [2.75, 3.05) is 20.3 Å². The molecule has 1 aliphatic heterocycles. The predicted molar refractivity (Wildman–Crippen MR) is 76.1 cm³/mol. The Balaban J connectivity index is 1.77. The van der Waals surface area contributed by atoms with Crippen molar-refractivity contribution >= 4 is 0 Å². The van der Waals surface area contributed by atoms with Crippen LogP contribution in [0.4, 0.5) is 8.78 Å². The Hall–Kier alpha value is -1.36. The molecule has 1 fully saturated rings. The van der Waals surface area contributed by atoms with Gasteiger partial charge in [-0.2, -0.15) is 0 Å². The molecule has 0 amide bonds. The van der Waals surface area contributed by atoms with Gasteiger partial charge in [0.1, 0.15) is 13.2 Å². The van der Waals surface area contributed by atoms with Crippen LogP contribution in [0.25, 0.3) is 0 Å². The van der Waals surface area contributed by atoms with E-state index in [-0.39, 0.29) is 24.8 Å². The highest BCUT2D eigenvalue weighted by Crippen LogP contribution is 2.42. The monoisotopic (exact) mass is 297 g/mol.